The largest absolute Gasteiger partial charge is 0.388 e. The van der Waals surface area contributed by atoms with Crippen LogP contribution in [0.3, 0.4) is 0 Å². The number of hydrogen-bond donors (Lipinski definition) is 4. The van der Waals surface area contributed by atoms with Crippen molar-refractivity contribution in [3.05, 3.63) is 22.8 Å². The minimum Gasteiger partial charge on any atom is -0.388 e. The average molecular weight is 216 g/mol. The van der Waals surface area contributed by atoms with E-state index in [1.807, 2.05) is 0 Å². The fraction of sp³-hybridized carbons (Fsp3) is 0. The minimum atomic E-state index is -0.229. The summed E-state index contributed by atoms with van der Waals surface area (Å²) in [7, 11) is 0. The lowest BCUT2D eigenvalue weighted by Gasteiger charge is -1.83. The van der Waals surface area contributed by atoms with Crippen molar-refractivity contribution in [3.63, 3.8) is 0 Å². The highest BCUT2D eigenvalue weighted by Crippen LogP contribution is 1.83. The van der Waals surface area contributed by atoms with Crippen LogP contribution < -0.4 is 22.9 Å². The summed E-state index contributed by atoms with van der Waals surface area (Å²) in [6, 6.07) is 6.10. The van der Waals surface area contributed by atoms with Crippen LogP contribution in [0.2, 0.25) is 0 Å². The predicted octanol–water partition coefficient (Wildman–Crippen LogP) is -1.67. The molecule has 0 aliphatic carbocycles. The third-order valence-corrected chi connectivity index (χ3v) is 1.06. The Morgan fingerprint density at radius 2 is 0.625 bits per heavy atom. The van der Waals surface area contributed by atoms with E-state index in [0.717, 1.165) is 0 Å². The molecule has 0 amide bonds. The Balaban J connectivity index is 0. The van der Waals surface area contributed by atoms with E-state index in [-0.39, 0.29) is 22.8 Å². The summed E-state index contributed by atoms with van der Waals surface area (Å²) in [4.78, 5) is 0. The first-order chi connectivity index (χ1) is 7.44. The van der Waals surface area contributed by atoms with Crippen molar-refractivity contribution >= 4 is 0 Å². The molecule has 0 atom stereocenters. The number of rotatable bonds is 0. The molecule has 0 rings (SSSR count). The van der Waals surface area contributed by atoms with Crippen LogP contribution in [-0.4, -0.2) is 0 Å². The van der Waals surface area contributed by atoms with Crippen molar-refractivity contribution in [2.24, 2.45) is 22.9 Å². The Hall–Kier alpha value is -3.36. The molecule has 0 saturated carbocycles. The molecule has 8 nitrogen and oxygen atoms in total. The zero-order valence-corrected chi connectivity index (χ0v) is 8.10. The van der Waals surface area contributed by atoms with Gasteiger partial charge in [-0.3, -0.25) is 0 Å². The first-order valence-electron chi connectivity index (χ1n) is 3.55. The Kier molecular flexibility index (Phi) is 7.80. The number of allylic oxidation sites excluding steroid dienone is 4. The topological polar surface area (TPSA) is 199 Å². The van der Waals surface area contributed by atoms with Gasteiger partial charge in [0.2, 0.25) is 0 Å². The van der Waals surface area contributed by atoms with Gasteiger partial charge in [-0.15, -0.1) is 0 Å². The van der Waals surface area contributed by atoms with Crippen molar-refractivity contribution in [2.75, 3.05) is 0 Å². The molecule has 0 aromatic heterocycles. The van der Waals surface area contributed by atoms with Crippen LogP contribution >= 0.6 is 0 Å². The van der Waals surface area contributed by atoms with E-state index >= 15 is 0 Å². The second-order valence-corrected chi connectivity index (χ2v) is 2.10. The Labute approximate surface area is 91.9 Å². The smallest absolute Gasteiger partial charge is 0.145 e. The number of nitriles is 4. The fourth-order valence-electron chi connectivity index (χ4n) is 0.241. The summed E-state index contributed by atoms with van der Waals surface area (Å²) in [5.41, 5.74) is 18.7. The molecule has 0 aromatic rings. The zero-order valence-electron chi connectivity index (χ0n) is 8.10. The lowest BCUT2D eigenvalue weighted by molar-refractivity contribution is 1.27. The first-order valence-corrected chi connectivity index (χ1v) is 3.55. The van der Waals surface area contributed by atoms with Crippen LogP contribution in [0.5, 0.6) is 0 Å². The van der Waals surface area contributed by atoms with Crippen LogP contribution in [0.15, 0.2) is 22.8 Å². The predicted molar refractivity (Wildman–Crippen MR) is 53.3 cm³/mol. The number of nitrogens with two attached hydrogens (primary N) is 4. The van der Waals surface area contributed by atoms with Crippen molar-refractivity contribution in [1.29, 1.82) is 21.0 Å². The average Bonchev–Trinajstić information content (AvgIpc) is 2.35. The molecule has 0 aliphatic heterocycles. The van der Waals surface area contributed by atoms with E-state index in [2.05, 4.69) is 0 Å². The molecule has 0 fully saturated rings. The molecule has 80 valence electrons. The lowest BCUT2D eigenvalue weighted by atomic mass is 10.4. The van der Waals surface area contributed by atoms with Crippen molar-refractivity contribution in [1.82, 2.24) is 0 Å². The Bertz CT molecular complexity index is 380. The normalized spacial score (nSPS) is 10.8. The standard InChI is InChI=1S/2C4H4N4/c2*5-1-3(7)4(8)2-6/h2*7-8H2/b2*4-3-. The third kappa shape index (κ3) is 6.19. The molecule has 0 aromatic carbocycles. The lowest BCUT2D eigenvalue weighted by Crippen LogP contribution is -2.05. The Morgan fingerprint density at radius 3 is 0.688 bits per heavy atom. The molecule has 0 bridgehead atoms. The first kappa shape index (κ1) is 15.1. The van der Waals surface area contributed by atoms with Crippen LogP contribution in [0.25, 0.3) is 0 Å². The molecular formula is C8H8N8. The molecule has 0 unspecified atom stereocenters. The highest BCUT2D eigenvalue weighted by atomic mass is 14.7. The van der Waals surface area contributed by atoms with Crippen LogP contribution in [-0.2, 0) is 0 Å². The number of nitrogens with zero attached hydrogens (tertiary/aromatic N) is 4. The van der Waals surface area contributed by atoms with Crippen LogP contribution in [0.4, 0.5) is 0 Å². The van der Waals surface area contributed by atoms with Gasteiger partial charge in [-0.25, -0.2) is 0 Å². The van der Waals surface area contributed by atoms with Crippen LogP contribution in [0, 0.1) is 45.3 Å². The molecule has 8 N–H and O–H groups in total. The maximum atomic E-state index is 7.97. The molecule has 16 heavy (non-hydrogen) atoms. The second-order valence-electron chi connectivity index (χ2n) is 2.10. The summed E-state index contributed by atoms with van der Waals surface area (Å²) in [5, 5.41) is 31.9. The third-order valence-electron chi connectivity index (χ3n) is 1.06. The van der Waals surface area contributed by atoms with Crippen molar-refractivity contribution < 1.29 is 0 Å². The SMILES string of the molecule is N#C/C(N)=C(/N)C#N.N#C/C(N)=C(/N)C#N. The van der Waals surface area contributed by atoms with Gasteiger partial charge in [0, 0.05) is 0 Å². The maximum absolute atomic E-state index is 7.97. The van der Waals surface area contributed by atoms with E-state index in [4.69, 9.17) is 44.0 Å². The van der Waals surface area contributed by atoms with Gasteiger partial charge < -0.3 is 22.9 Å². The van der Waals surface area contributed by atoms with Gasteiger partial charge in [-0.2, -0.15) is 21.0 Å². The van der Waals surface area contributed by atoms with E-state index < -0.39 is 0 Å². The van der Waals surface area contributed by atoms with Crippen molar-refractivity contribution in [3.8, 4) is 24.3 Å². The highest BCUT2D eigenvalue weighted by Gasteiger charge is 1.91. The summed E-state index contributed by atoms with van der Waals surface area (Å²) in [5.74, 6) is 0. The van der Waals surface area contributed by atoms with Gasteiger partial charge in [-0.05, 0) is 0 Å². The molecule has 0 aliphatic rings. The van der Waals surface area contributed by atoms with E-state index in [1.54, 1.807) is 0 Å². The second kappa shape index (κ2) is 8.25. The Morgan fingerprint density at radius 1 is 0.500 bits per heavy atom. The maximum Gasteiger partial charge on any atom is 0.145 e. The van der Waals surface area contributed by atoms with Gasteiger partial charge in [0.05, 0.1) is 0 Å². The molecule has 0 heterocycles. The monoisotopic (exact) mass is 216 g/mol. The van der Waals surface area contributed by atoms with E-state index in [9.17, 15) is 0 Å². The quantitative estimate of drug-likeness (QED) is 0.344. The van der Waals surface area contributed by atoms with E-state index in [1.165, 1.54) is 24.3 Å². The molecular weight excluding hydrogens is 208 g/mol. The highest BCUT2D eigenvalue weighted by molar-refractivity contribution is 5.31. The fourth-order valence-corrected chi connectivity index (χ4v) is 0.241. The molecule has 8 heteroatoms. The summed E-state index contributed by atoms with van der Waals surface area (Å²) >= 11 is 0. The van der Waals surface area contributed by atoms with Gasteiger partial charge in [0.25, 0.3) is 0 Å². The number of hydrogen-bond acceptors (Lipinski definition) is 8. The van der Waals surface area contributed by atoms with E-state index in [0.29, 0.717) is 0 Å². The van der Waals surface area contributed by atoms with Gasteiger partial charge in [-0.1, -0.05) is 0 Å². The van der Waals surface area contributed by atoms with Gasteiger partial charge in [0.1, 0.15) is 47.1 Å². The molecule has 0 saturated heterocycles. The molecule has 0 spiro atoms. The zero-order chi connectivity index (χ0) is 13.1. The van der Waals surface area contributed by atoms with Crippen molar-refractivity contribution in [2.45, 2.75) is 0 Å². The van der Waals surface area contributed by atoms with Gasteiger partial charge in [0.15, 0.2) is 0 Å². The summed E-state index contributed by atoms with van der Waals surface area (Å²) < 4.78 is 0. The van der Waals surface area contributed by atoms with Crippen LogP contribution in [0.1, 0.15) is 0 Å². The summed E-state index contributed by atoms with van der Waals surface area (Å²) in [6.07, 6.45) is 0. The minimum absolute atomic E-state index is 0.229. The summed E-state index contributed by atoms with van der Waals surface area (Å²) in [6.45, 7) is 0. The van der Waals surface area contributed by atoms with Gasteiger partial charge >= 0.3 is 0 Å². The molecule has 0 radical (unpaired) electrons.